The molecule has 1 saturated heterocycles. The average Bonchev–Trinajstić information content (AvgIpc) is 2.96. The first-order chi connectivity index (χ1) is 9.81. The molecule has 1 aromatic heterocycles. The van der Waals surface area contributed by atoms with E-state index in [4.69, 9.17) is 11.6 Å². The summed E-state index contributed by atoms with van der Waals surface area (Å²) in [6, 6.07) is 0. The van der Waals surface area contributed by atoms with E-state index in [9.17, 15) is 9.90 Å². The predicted molar refractivity (Wildman–Crippen MR) is 82.4 cm³/mol. The molecule has 0 amide bonds. The highest BCUT2D eigenvalue weighted by molar-refractivity contribution is 6.31. The Labute approximate surface area is 130 Å². The number of carboxylic acid groups (broad SMARTS) is 1. The molecule has 0 bridgehead atoms. The van der Waals surface area contributed by atoms with Crippen molar-refractivity contribution in [3.05, 3.63) is 16.4 Å². The van der Waals surface area contributed by atoms with Gasteiger partial charge in [-0.1, -0.05) is 32.4 Å². The minimum Gasteiger partial charge on any atom is -0.481 e. The fourth-order valence-electron chi connectivity index (χ4n) is 3.15. The highest BCUT2D eigenvalue weighted by Gasteiger charge is 2.47. The molecule has 1 aliphatic heterocycles. The molecule has 0 saturated carbocycles. The van der Waals surface area contributed by atoms with Gasteiger partial charge in [-0.15, -0.1) is 0 Å². The summed E-state index contributed by atoms with van der Waals surface area (Å²) in [5.41, 5.74) is 1.23. The summed E-state index contributed by atoms with van der Waals surface area (Å²) >= 11 is 6.38. The Kier molecular flexibility index (Phi) is 4.63. The van der Waals surface area contributed by atoms with Crippen LogP contribution in [0.4, 0.5) is 0 Å². The number of hydrogen-bond acceptors (Lipinski definition) is 3. The largest absolute Gasteiger partial charge is 0.481 e. The highest BCUT2D eigenvalue weighted by Crippen LogP contribution is 2.39. The van der Waals surface area contributed by atoms with Gasteiger partial charge in [0.05, 0.1) is 21.8 Å². The second kappa shape index (κ2) is 5.97. The second-order valence-corrected chi connectivity index (χ2v) is 6.64. The molecule has 1 atom stereocenters. The van der Waals surface area contributed by atoms with Gasteiger partial charge < -0.3 is 5.11 Å². The van der Waals surface area contributed by atoms with E-state index < -0.39 is 11.4 Å². The maximum Gasteiger partial charge on any atom is 0.311 e. The van der Waals surface area contributed by atoms with Crippen molar-refractivity contribution in [2.45, 2.75) is 40.2 Å². The molecule has 0 spiro atoms. The maximum atomic E-state index is 11.7. The van der Waals surface area contributed by atoms with Crippen LogP contribution in [0.5, 0.6) is 0 Å². The van der Waals surface area contributed by atoms with Crippen LogP contribution in [0.3, 0.4) is 0 Å². The van der Waals surface area contributed by atoms with Gasteiger partial charge in [-0.05, 0) is 25.3 Å². The lowest BCUT2D eigenvalue weighted by Crippen LogP contribution is -2.39. The topological polar surface area (TPSA) is 58.4 Å². The van der Waals surface area contributed by atoms with Crippen LogP contribution >= 0.6 is 11.6 Å². The standard InChI is InChI=1S/C15H24ClN3O2/c1-5-11-13(16)12(18(4)17-11)8-19-7-6-15(9-19,10(2)3)14(20)21/h10H,5-9H2,1-4H3,(H,20,21). The summed E-state index contributed by atoms with van der Waals surface area (Å²) in [5, 5.41) is 14.7. The van der Waals surface area contributed by atoms with Crippen molar-refractivity contribution in [2.24, 2.45) is 18.4 Å². The molecule has 0 radical (unpaired) electrons. The fraction of sp³-hybridized carbons (Fsp3) is 0.733. The highest BCUT2D eigenvalue weighted by atomic mass is 35.5. The van der Waals surface area contributed by atoms with E-state index in [0.717, 1.165) is 29.4 Å². The van der Waals surface area contributed by atoms with Crippen LogP contribution < -0.4 is 0 Å². The van der Waals surface area contributed by atoms with Gasteiger partial charge in [0.15, 0.2) is 0 Å². The molecule has 2 heterocycles. The van der Waals surface area contributed by atoms with Gasteiger partial charge in [-0.25, -0.2) is 0 Å². The zero-order chi connectivity index (χ0) is 15.8. The van der Waals surface area contributed by atoms with E-state index in [1.807, 2.05) is 32.5 Å². The lowest BCUT2D eigenvalue weighted by molar-refractivity contribution is -0.151. The third kappa shape index (κ3) is 2.81. The second-order valence-electron chi connectivity index (χ2n) is 6.26. The molecule has 1 fully saturated rings. The van der Waals surface area contributed by atoms with Crippen molar-refractivity contribution in [3.63, 3.8) is 0 Å². The summed E-state index contributed by atoms with van der Waals surface area (Å²) < 4.78 is 1.82. The van der Waals surface area contributed by atoms with Crippen molar-refractivity contribution in [2.75, 3.05) is 13.1 Å². The number of nitrogens with zero attached hydrogens (tertiary/aromatic N) is 3. The Hall–Kier alpha value is -1.07. The maximum absolute atomic E-state index is 11.7. The number of carbonyl (C=O) groups is 1. The molecule has 0 aromatic carbocycles. The van der Waals surface area contributed by atoms with Gasteiger partial charge in [-0.3, -0.25) is 14.4 Å². The van der Waals surface area contributed by atoms with Crippen LogP contribution in [-0.4, -0.2) is 38.8 Å². The minimum absolute atomic E-state index is 0.119. The van der Waals surface area contributed by atoms with Crippen LogP contribution in [-0.2, 0) is 24.8 Å². The molecule has 1 aromatic rings. The average molecular weight is 314 g/mol. The zero-order valence-electron chi connectivity index (χ0n) is 13.2. The van der Waals surface area contributed by atoms with Crippen LogP contribution in [0, 0.1) is 11.3 Å². The summed E-state index contributed by atoms with van der Waals surface area (Å²) in [7, 11) is 1.89. The number of likely N-dealkylation sites (tertiary alicyclic amines) is 1. The lowest BCUT2D eigenvalue weighted by atomic mass is 9.76. The molecule has 2 rings (SSSR count). The van der Waals surface area contributed by atoms with E-state index in [1.54, 1.807) is 0 Å². The van der Waals surface area contributed by atoms with Crippen molar-refractivity contribution >= 4 is 17.6 Å². The first-order valence-corrected chi connectivity index (χ1v) is 7.85. The molecule has 1 aliphatic rings. The van der Waals surface area contributed by atoms with Crippen molar-refractivity contribution in [1.29, 1.82) is 0 Å². The van der Waals surface area contributed by atoms with Gasteiger partial charge in [0.2, 0.25) is 0 Å². The SMILES string of the molecule is CCc1nn(C)c(CN2CCC(C(=O)O)(C(C)C)C2)c1Cl. The molecule has 118 valence electrons. The van der Waals surface area contributed by atoms with Gasteiger partial charge in [0.1, 0.15) is 0 Å². The number of halogens is 1. The van der Waals surface area contributed by atoms with Crippen LogP contribution in [0.2, 0.25) is 5.02 Å². The first kappa shape index (κ1) is 16.3. The Morgan fingerprint density at radius 1 is 1.52 bits per heavy atom. The summed E-state index contributed by atoms with van der Waals surface area (Å²) in [6.07, 6.45) is 1.49. The molecular formula is C15H24ClN3O2. The van der Waals surface area contributed by atoms with Crippen molar-refractivity contribution < 1.29 is 9.90 Å². The molecule has 1 unspecified atom stereocenters. The first-order valence-electron chi connectivity index (χ1n) is 7.47. The smallest absolute Gasteiger partial charge is 0.311 e. The quantitative estimate of drug-likeness (QED) is 0.907. The summed E-state index contributed by atoms with van der Waals surface area (Å²) in [6.45, 7) is 8.02. The molecule has 5 nitrogen and oxygen atoms in total. The monoisotopic (exact) mass is 313 g/mol. The Bertz CT molecular complexity index is 541. The molecular weight excluding hydrogens is 290 g/mol. The number of aryl methyl sites for hydroxylation is 2. The molecule has 0 aliphatic carbocycles. The minimum atomic E-state index is -0.689. The van der Waals surface area contributed by atoms with Gasteiger partial charge in [0, 0.05) is 20.1 Å². The number of rotatable bonds is 5. The zero-order valence-corrected chi connectivity index (χ0v) is 13.9. The molecule has 21 heavy (non-hydrogen) atoms. The normalized spacial score (nSPS) is 23.1. The van der Waals surface area contributed by atoms with E-state index in [0.29, 0.717) is 19.5 Å². The van der Waals surface area contributed by atoms with Gasteiger partial charge in [-0.2, -0.15) is 5.10 Å². The van der Waals surface area contributed by atoms with E-state index >= 15 is 0 Å². The van der Waals surface area contributed by atoms with E-state index in [-0.39, 0.29) is 5.92 Å². The van der Waals surface area contributed by atoms with Crippen molar-refractivity contribution in [3.8, 4) is 0 Å². The molecule has 6 heteroatoms. The number of carboxylic acids is 1. The Morgan fingerprint density at radius 3 is 2.62 bits per heavy atom. The van der Waals surface area contributed by atoms with Crippen LogP contribution in [0.1, 0.15) is 38.6 Å². The summed E-state index contributed by atoms with van der Waals surface area (Å²) in [5.74, 6) is -0.571. The van der Waals surface area contributed by atoms with Gasteiger partial charge in [0.25, 0.3) is 0 Å². The number of aromatic nitrogens is 2. The predicted octanol–water partition coefficient (Wildman–Crippen LogP) is 2.57. The Balaban J connectivity index is 2.16. The van der Waals surface area contributed by atoms with Gasteiger partial charge >= 0.3 is 5.97 Å². The Morgan fingerprint density at radius 2 is 2.19 bits per heavy atom. The van der Waals surface area contributed by atoms with Crippen molar-refractivity contribution in [1.82, 2.24) is 14.7 Å². The molecule has 1 N–H and O–H groups in total. The van der Waals surface area contributed by atoms with Crippen LogP contribution in [0.25, 0.3) is 0 Å². The van der Waals surface area contributed by atoms with E-state index in [2.05, 4.69) is 10.00 Å². The lowest BCUT2D eigenvalue weighted by Gasteiger charge is -2.28. The number of hydrogen-bond donors (Lipinski definition) is 1. The third-order valence-electron chi connectivity index (χ3n) is 4.79. The fourth-order valence-corrected chi connectivity index (χ4v) is 3.50. The number of aliphatic carboxylic acids is 1. The van der Waals surface area contributed by atoms with E-state index in [1.165, 1.54) is 0 Å². The van der Waals surface area contributed by atoms with Crippen LogP contribution in [0.15, 0.2) is 0 Å². The third-order valence-corrected chi connectivity index (χ3v) is 5.22. The summed E-state index contributed by atoms with van der Waals surface area (Å²) in [4.78, 5) is 13.9.